The van der Waals surface area contributed by atoms with Crippen molar-refractivity contribution in [2.45, 2.75) is 18.8 Å². The average Bonchev–Trinajstić information content (AvgIpc) is 3.03. The second kappa shape index (κ2) is 7.45. The number of rotatable bonds is 5. The minimum atomic E-state index is -0.0279. The zero-order valence-corrected chi connectivity index (χ0v) is 15.6. The molecular weight excluding hydrogens is 338 g/mol. The Bertz CT molecular complexity index is 941. The van der Waals surface area contributed by atoms with Gasteiger partial charge in [0.25, 0.3) is 0 Å². The van der Waals surface area contributed by atoms with E-state index < -0.39 is 0 Å². The van der Waals surface area contributed by atoms with E-state index in [1.54, 1.807) is 4.68 Å². The van der Waals surface area contributed by atoms with Gasteiger partial charge in [0.05, 0.1) is 5.52 Å². The number of nitrogen functional groups attached to an aromatic ring is 1. The molecule has 27 heavy (non-hydrogen) atoms. The topological polar surface area (TPSA) is 60.5 Å². The third-order valence-electron chi connectivity index (χ3n) is 5.46. The number of carbonyl (C=O) groups excluding carboxylic acids is 1. The van der Waals surface area contributed by atoms with Gasteiger partial charge in [0.15, 0.2) is 12.4 Å². The number of nitrogens with zero attached hydrogens (tertiary/aromatic N) is 2. The molecule has 0 atom stereocenters. The number of Topliss-reactive ketones (excluding diaryl/α,β-unsaturated/α-hetero) is 1. The Labute approximate surface area is 159 Å². The highest BCUT2D eigenvalue weighted by Crippen LogP contribution is 2.34. The van der Waals surface area contributed by atoms with Crippen molar-refractivity contribution in [3.8, 4) is 5.75 Å². The maximum Gasteiger partial charge on any atom is 0.200 e. The van der Waals surface area contributed by atoms with Crippen molar-refractivity contribution in [2.24, 2.45) is 0 Å². The number of carbonyl (C=O) groups is 1. The molecule has 0 amide bonds. The molecule has 2 N–H and O–H groups in total. The van der Waals surface area contributed by atoms with Gasteiger partial charge < -0.3 is 15.5 Å². The lowest BCUT2D eigenvalue weighted by atomic mass is 9.89. The second-order valence-electron chi connectivity index (χ2n) is 7.33. The number of ketones is 1. The Morgan fingerprint density at radius 3 is 2.63 bits per heavy atom. The molecule has 3 aromatic rings. The maximum atomic E-state index is 12.6. The molecule has 0 aliphatic carbocycles. The predicted molar refractivity (Wildman–Crippen MR) is 108 cm³/mol. The van der Waals surface area contributed by atoms with Gasteiger partial charge in [-0.2, -0.15) is 0 Å². The first-order valence-corrected chi connectivity index (χ1v) is 9.41. The van der Waals surface area contributed by atoms with E-state index in [0.717, 1.165) is 36.8 Å². The van der Waals surface area contributed by atoms with Crippen LogP contribution in [0.3, 0.4) is 0 Å². The molecule has 2 heterocycles. The molecule has 1 aliphatic heterocycles. The van der Waals surface area contributed by atoms with E-state index in [1.807, 2.05) is 54.7 Å². The van der Waals surface area contributed by atoms with Crippen LogP contribution in [0.15, 0.2) is 54.7 Å². The Hall–Kier alpha value is -2.79. The first-order valence-electron chi connectivity index (χ1n) is 9.41. The van der Waals surface area contributed by atoms with Gasteiger partial charge in [-0.3, -0.25) is 9.47 Å². The largest absolute Gasteiger partial charge is 0.485 e. The van der Waals surface area contributed by atoms with E-state index in [1.165, 1.54) is 5.56 Å². The molecule has 0 unspecified atom stereocenters. The number of benzene rings is 2. The number of aromatic nitrogens is 1. The van der Waals surface area contributed by atoms with Crippen LogP contribution in [0.1, 0.15) is 34.7 Å². The van der Waals surface area contributed by atoms with Gasteiger partial charge in [-0.1, -0.05) is 18.2 Å². The fourth-order valence-corrected chi connectivity index (χ4v) is 3.85. The van der Waals surface area contributed by atoms with Crippen LogP contribution < -0.4 is 10.6 Å². The van der Waals surface area contributed by atoms with Crippen LogP contribution in [0, 0.1) is 0 Å². The van der Waals surface area contributed by atoms with Gasteiger partial charge >= 0.3 is 0 Å². The number of nitrogens with two attached hydrogens (primary N) is 1. The van der Waals surface area contributed by atoms with E-state index in [-0.39, 0.29) is 12.4 Å². The number of para-hydroxylation sites is 1. The van der Waals surface area contributed by atoms with Gasteiger partial charge in [-0.05, 0) is 74.8 Å². The summed E-state index contributed by atoms with van der Waals surface area (Å²) in [6.45, 7) is 2.21. The predicted octanol–water partition coefficient (Wildman–Crippen LogP) is 3.43. The fraction of sp³-hybridized carbons (Fsp3) is 0.318. The Morgan fingerprint density at radius 2 is 1.89 bits per heavy atom. The number of piperidine rings is 1. The number of fused-ring (bicyclic) bond motifs is 1. The second-order valence-corrected chi connectivity index (χ2v) is 7.33. The summed E-state index contributed by atoms with van der Waals surface area (Å²) < 4.78 is 7.29. The first-order chi connectivity index (χ1) is 13.1. The monoisotopic (exact) mass is 363 g/mol. The summed E-state index contributed by atoms with van der Waals surface area (Å²) in [5.74, 6) is 7.33. The van der Waals surface area contributed by atoms with E-state index in [0.29, 0.717) is 17.2 Å². The molecule has 4 rings (SSSR count). The Morgan fingerprint density at radius 1 is 1.15 bits per heavy atom. The molecule has 5 nitrogen and oxygen atoms in total. The van der Waals surface area contributed by atoms with Crippen LogP contribution in [0.2, 0.25) is 0 Å². The third kappa shape index (κ3) is 3.69. The fourth-order valence-electron chi connectivity index (χ4n) is 3.85. The molecule has 0 saturated carbocycles. The summed E-state index contributed by atoms with van der Waals surface area (Å²) in [5, 5.41) is 1.08. The average molecular weight is 363 g/mol. The lowest BCUT2D eigenvalue weighted by molar-refractivity contribution is 0.0921. The summed E-state index contributed by atoms with van der Waals surface area (Å²) in [6.07, 6.45) is 4.26. The molecule has 0 bridgehead atoms. The van der Waals surface area contributed by atoms with E-state index in [4.69, 9.17) is 10.6 Å². The molecular formula is C22H25N3O2. The highest BCUT2D eigenvalue weighted by Gasteiger charge is 2.22. The summed E-state index contributed by atoms with van der Waals surface area (Å²) in [6, 6.07) is 15.2. The van der Waals surface area contributed by atoms with Crippen LogP contribution in [-0.2, 0) is 0 Å². The number of hydrogen-bond acceptors (Lipinski definition) is 4. The number of hydrogen-bond donors (Lipinski definition) is 1. The van der Waals surface area contributed by atoms with Crippen LogP contribution in [-0.4, -0.2) is 42.1 Å². The highest BCUT2D eigenvalue weighted by atomic mass is 16.5. The lowest BCUT2D eigenvalue weighted by Gasteiger charge is -2.28. The number of likely N-dealkylation sites (tertiary alicyclic amines) is 1. The van der Waals surface area contributed by atoms with E-state index in [2.05, 4.69) is 11.9 Å². The molecule has 140 valence electrons. The quantitative estimate of drug-likeness (QED) is 0.557. The van der Waals surface area contributed by atoms with Gasteiger partial charge in [-0.25, -0.2) is 0 Å². The van der Waals surface area contributed by atoms with Gasteiger partial charge in [0, 0.05) is 17.1 Å². The van der Waals surface area contributed by atoms with E-state index in [9.17, 15) is 4.79 Å². The standard InChI is InChI=1S/C22H25N3O2/c1-24-11-9-16(10-12-24)20-14-25(23)21-8-7-17(13-19(20)21)22(26)15-27-18-5-3-2-4-6-18/h2-8,13-14,16H,9-12,15,23H2,1H3. The lowest BCUT2D eigenvalue weighted by Crippen LogP contribution is -2.29. The molecule has 1 aromatic heterocycles. The van der Waals surface area contributed by atoms with Crippen molar-refractivity contribution in [3.05, 3.63) is 65.9 Å². The number of ether oxygens (including phenoxy) is 1. The van der Waals surface area contributed by atoms with Gasteiger partial charge in [-0.15, -0.1) is 0 Å². The normalized spacial score (nSPS) is 15.9. The summed E-state index contributed by atoms with van der Waals surface area (Å²) >= 11 is 0. The Balaban J connectivity index is 1.57. The van der Waals surface area contributed by atoms with Crippen molar-refractivity contribution in [2.75, 3.05) is 32.6 Å². The molecule has 1 fully saturated rings. The zero-order valence-electron chi connectivity index (χ0n) is 15.6. The van der Waals surface area contributed by atoms with Crippen LogP contribution >= 0.6 is 0 Å². The van der Waals surface area contributed by atoms with Crippen LogP contribution in [0.4, 0.5) is 0 Å². The first kappa shape index (κ1) is 17.6. The highest BCUT2D eigenvalue weighted by molar-refractivity contribution is 6.01. The summed E-state index contributed by atoms with van der Waals surface area (Å²) in [4.78, 5) is 15.0. The zero-order chi connectivity index (χ0) is 18.8. The maximum absolute atomic E-state index is 12.6. The molecule has 5 heteroatoms. The SMILES string of the molecule is CN1CCC(c2cn(N)c3ccc(C(=O)COc4ccccc4)cc23)CC1. The minimum Gasteiger partial charge on any atom is -0.485 e. The van der Waals surface area contributed by atoms with Gasteiger partial charge in [0.2, 0.25) is 0 Å². The molecule has 0 radical (unpaired) electrons. The van der Waals surface area contributed by atoms with E-state index >= 15 is 0 Å². The Kier molecular flexibility index (Phi) is 4.86. The molecule has 2 aromatic carbocycles. The van der Waals surface area contributed by atoms with Gasteiger partial charge in [0.1, 0.15) is 5.75 Å². The summed E-state index contributed by atoms with van der Waals surface area (Å²) in [5.41, 5.74) is 2.88. The molecule has 0 spiro atoms. The van der Waals surface area contributed by atoms with Crippen molar-refractivity contribution in [3.63, 3.8) is 0 Å². The van der Waals surface area contributed by atoms with Crippen LogP contribution in [0.25, 0.3) is 10.9 Å². The molecule has 1 aliphatic rings. The van der Waals surface area contributed by atoms with Crippen molar-refractivity contribution < 1.29 is 9.53 Å². The van der Waals surface area contributed by atoms with Crippen molar-refractivity contribution >= 4 is 16.7 Å². The molecule has 1 saturated heterocycles. The van der Waals surface area contributed by atoms with Crippen molar-refractivity contribution in [1.82, 2.24) is 9.58 Å². The third-order valence-corrected chi connectivity index (χ3v) is 5.46. The smallest absolute Gasteiger partial charge is 0.200 e. The van der Waals surface area contributed by atoms with Crippen molar-refractivity contribution in [1.29, 1.82) is 0 Å². The summed E-state index contributed by atoms with van der Waals surface area (Å²) in [7, 11) is 2.16. The minimum absolute atomic E-state index is 0.0279. The van der Waals surface area contributed by atoms with Crippen LogP contribution in [0.5, 0.6) is 5.75 Å².